The molecule has 1 amide bonds. The van der Waals surface area contributed by atoms with Crippen molar-refractivity contribution in [2.45, 2.75) is 6.92 Å². The first-order valence-corrected chi connectivity index (χ1v) is 6.39. The molecule has 0 unspecified atom stereocenters. The molecule has 0 aliphatic rings. The van der Waals surface area contributed by atoms with Crippen LogP contribution in [0, 0.1) is 6.92 Å². The molecule has 5 nitrogen and oxygen atoms in total. The highest BCUT2D eigenvalue weighted by atomic mass is 35.5. The Morgan fingerprint density at radius 3 is 2.90 bits per heavy atom. The number of rotatable bonds is 2. The van der Waals surface area contributed by atoms with Crippen LogP contribution in [0.2, 0.25) is 5.15 Å². The number of benzene rings is 1. The van der Waals surface area contributed by atoms with Crippen LogP contribution < -0.4 is 5.32 Å². The third-order valence-corrected chi connectivity index (χ3v) is 3.06. The van der Waals surface area contributed by atoms with Gasteiger partial charge in [0.25, 0.3) is 5.91 Å². The Hall–Kier alpha value is -2.40. The molecule has 2 aromatic heterocycles. The molecule has 0 aliphatic heterocycles. The smallest absolute Gasteiger partial charge is 0.258 e. The second-order valence-corrected chi connectivity index (χ2v) is 4.78. The monoisotopic (exact) mass is 286 g/mol. The molecule has 3 rings (SSSR count). The van der Waals surface area contributed by atoms with Crippen molar-refractivity contribution < 1.29 is 4.79 Å². The molecule has 0 saturated heterocycles. The predicted octanol–water partition coefficient (Wildman–Crippen LogP) is 3.17. The van der Waals surface area contributed by atoms with Gasteiger partial charge in [0.15, 0.2) is 0 Å². The van der Waals surface area contributed by atoms with E-state index in [4.69, 9.17) is 11.6 Å². The molecule has 0 radical (unpaired) electrons. The fourth-order valence-corrected chi connectivity index (χ4v) is 2.19. The van der Waals surface area contributed by atoms with Gasteiger partial charge in [-0.15, -0.1) is 0 Å². The number of hydrogen-bond donors (Lipinski definition) is 2. The Balaban J connectivity index is 1.88. The molecular formula is C14H11ClN4O. The molecule has 0 fully saturated rings. The number of anilines is 1. The maximum Gasteiger partial charge on any atom is 0.258 e. The number of nitrogens with one attached hydrogen (secondary N) is 2. The van der Waals surface area contributed by atoms with E-state index in [1.807, 2.05) is 18.3 Å². The Bertz CT molecular complexity index is 776. The number of halogens is 1. The van der Waals surface area contributed by atoms with Gasteiger partial charge in [0.2, 0.25) is 5.95 Å². The normalized spacial score (nSPS) is 10.7. The lowest BCUT2D eigenvalue weighted by molar-refractivity contribution is 0.102. The first-order valence-electron chi connectivity index (χ1n) is 6.01. The van der Waals surface area contributed by atoms with E-state index < -0.39 is 0 Å². The lowest BCUT2D eigenvalue weighted by Gasteiger charge is -2.05. The topological polar surface area (TPSA) is 70.7 Å². The van der Waals surface area contributed by atoms with Gasteiger partial charge in [0.05, 0.1) is 0 Å². The number of carbonyl (C=O) groups excluding carboxylic acids is 1. The first kappa shape index (κ1) is 12.6. The predicted molar refractivity (Wildman–Crippen MR) is 78.0 cm³/mol. The van der Waals surface area contributed by atoms with Crippen molar-refractivity contribution in [3.05, 3.63) is 52.9 Å². The maximum atomic E-state index is 12.2. The molecule has 1 aromatic carbocycles. The minimum Gasteiger partial charge on any atom is -0.361 e. The zero-order chi connectivity index (χ0) is 14.1. The fourth-order valence-electron chi connectivity index (χ4n) is 1.95. The van der Waals surface area contributed by atoms with Gasteiger partial charge in [0, 0.05) is 23.0 Å². The van der Waals surface area contributed by atoms with E-state index in [9.17, 15) is 4.79 Å². The molecule has 6 heteroatoms. The van der Waals surface area contributed by atoms with E-state index in [0.29, 0.717) is 16.4 Å². The van der Waals surface area contributed by atoms with Crippen molar-refractivity contribution in [3.8, 4) is 0 Å². The second kappa shape index (κ2) is 4.94. The maximum absolute atomic E-state index is 12.2. The molecule has 0 atom stereocenters. The summed E-state index contributed by atoms with van der Waals surface area (Å²) >= 11 is 5.84. The van der Waals surface area contributed by atoms with Crippen molar-refractivity contribution in [3.63, 3.8) is 0 Å². The molecule has 2 heterocycles. The van der Waals surface area contributed by atoms with Crippen LogP contribution in [0.1, 0.15) is 16.1 Å². The summed E-state index contributed by atoms with van der Waals surface area (Å²) in [6, 6.07) is 8.98. The number of hydrogen-bond acceptors (Lipinski definition) is 3. The highest BCUT2D eigenvalue weighted by Crippen LogP contribution is 2.15. The highest BCUT2D eigenvalue weighted by molar-refractivity contribution is 6.29. The van der Waals surface area contributed by atoms with Gasteiger partial charge in [-0.2, -0.15) is 0 Å². The molecule has 0 bridgehead atoms. The summed E-state index contributed by atoms with van der Waals surface area (Å²) in [6.07, 6.45) is 1.83. The van der Waals surface area contributed by atoms with Crippen LogP contribution in [0.5, 0.6) is 0 Å². The van der Waals surface area contributed by atoms with Crippen LogP contribution >= 0.6 is 11.6 Å². The van der Waals surface area contributed by atoms with E-state index in [2.05, 4.69) is 20.3 Å². The summed E-state index contributed by atoms with van der Waals surface area (Å²) in [5, 5.41) is 3.99. The van der Waals surface area contributed by atoms with Crippen molar-refractivity contribution in [2.75, 3.05) is 5.32 Å². The van der Waals surface area contributed by atoms with E-state index in [0.717, 1.165) is 10.9 Å². The van der Waals surface area contributed by atoms with Gasteiger partial charge in [-0.1, -0.05) is 17.7 Å². The third-order valence-electron chi connectivity index (χ3n) is 2.87. The first-order chi connectivity index (χ1) is 9.61. The largest absolute Gasteiger partial charge is 0.361 e. The van der Waals surface area contributed by atoms with Crippen molar-refractivity contribution >= 4 is 34.4 Å². The van der Waals surface area contributed by atoms with Crippen molar-refractivity contribution in [2.24, 2.45) is 0 Å². The molecule has 0 spiro atoms. The molecule has 0 aliphatic carbocycles. The average Bonchev–Trinajstić information content (AvgIpc) is 2.84. The minimum absolute atomic E-state index is 0.201. The zero-order valence-corrected chi connectivity index (χ0v) is 11.4. The summed E-state index contributed by atoms with van der Waals surface area (Å²) in [6.45, 7) is 1.79. The van der Waals surface area contributed by atoms with Gasteiger partial charge < -0.3 is 4.98 Å². The Morgan fingerprint density at radius 2 is 2.10 bits per heavy atom. The van der Waals surface area contributed by atoms with Crippen molar-refractivity contribution in [1.82, 2.24) is 15.0 Å². The lowest BCUT2D eigenvalue weighted by Crippen LogP contribution is -2.14. The van der Waals surface area contributed by atoms with Crippen LogP contribution in [-0.4, -0.2) is 20.9 Å². The number of nitrogens with zero attached hydrogens (tertiary/aromatic N) is 2. The molecular weight excluding hydrogens is 276 g/mol. The van der Waals surface area contributed by atoms with Gasteiger partial charge in [0.1, 0.15) is 5.15 Å². The van der Waals surface area contributed by atoms with E-state index in [1.165, 1.54) is 0 Å². The van der Waals surface area contributed by atoms with Gasteiger partial charge in [-0.25, -0.2) is 9.97 Å². The number of amides is 1. The van der Waals surface area contributed by atoms with Crippen LogP contribution in [0.15, 0.2) is 36.5 Å². The highest BCUT2D eigenvalue weighted by Gasteiger charge is 2.09. The minimum atomic E-state index is -0.275. The summed E-state index contributed by atoms with van der Waals surface area (Å²) in [5.41, 5.74) is 2.13. The summed E-state index contributed by atoms with van der Waals surface area (Å²) in [7, 11) is 0. The number of fused-ring (bicyclic) bond motifs is 1. The summed E-state index contributed by atoms with van der Waals surface area (Å²) in [4.78, 5) is 23.3. The third kappa shape index (κ3) is 2.48. The number of aryl methyl sites for hydroxylation is 1. The molecule has 100 valence electrons. The van der Waals surface area contributed by atoms with Crippen LogP contribution in [0.3, 0.4) is 0 Å². The average molecular weight is 287 g/mol. The van der Waals surface area contributed by atoms with E-state index >= 15 is 0 Å². The zero-order valence-electron chi connectivity index (χ0n) is 10.6. The second-order valence-electron chi connectivity index (χ2n) is 4.39. The molecule has 20 heavy (non-hydrogen) atoms. The van der Waals surface area contributed by atoms with Gasteiger partial charge >= 0.3 is 0 Å². The standard InChI is InChI=1S/C14H11ClN4O/c1-8-6-12(15)18-14(17-8)19-13(20)10-3-2-9-4-5-16-11(9)7-10/h2-7,16H,1H3,(H,17,18,19,20). The Kier molecular flexibility index (Phi) is 3.12. The molecule has 3 aromatic rings. The van der Waals surface area contributed by atoms with Gasteiger partial charge in [-0.05, 0) is 36.6 Å². The van der Waals surface area contributed by atoms with E-state index in [-0.39, 0.29) is 11.9 Å². The van der Waals surface area contributed by atoms with Crippen LogP contribution in [0.4, 0.5) is 5.95 Å². The number of aromatic amines is 1. The van der Waals surface area contributed by atoms with Crippen LogP contribution in [-0.2, 0) is 0 Å². The fraction of sp³-hybridized carbons (Fsp3) is 0.0714. The number of aromatic nitrogens is 3. The quantitative estimate of drug-likeness (QED) is 0.711. The lowest BCUT2D eigenvalue weighted by atomic mass is 10.1. The summed E-state index contributed by atoms with van der Waals surface area (Å²) < 4.78 is 0. The van der Waals surface area contributed by atoms with E-state index in [1.54, 1.807) is 25.1 Å². The number of H-pyrrole nitrogens is 1. The number of carbonyl (C=O) groups is 1. The Labute approximate surface area is 120 Å². The van der Waals surface area contributed by atoms with Crippen LogP contribution in [0.25, 0.3) is 10.9 Å². The molecule has 0 saturated carbocycles. The molecule has 2 N–H and O–H groups in total. The summed E-state index contributed by atoms with van der Waals surface area (Å²) in [5.74, 6) is -0.0743. The van der Waals surface area contributed by atoms with Gasteiger partial charge in [-0.3, -0.25) is 10.1 Å². The van der Waals surface area contributed by atoms with Crippen molar-refractivity contribution in [1.29, 1.82) is 0 Å². The Morgan fingerprint density at radius 1 is 1.25 bits per heavy atom. The SMILES string of the molecule is Cc1cc(Cl)nc(NC(=O)c2ccc3cc[nH]c3c2)n1.